The molecule has 1 aliphatic heterocycles. The summed E-state index contributed by atoms with van der Waals surface area (Å²) in [6.07, 6.45) is 6.33. The van der Waals surface area contributed by atoms with Crippen LogP contribution in [-0.4, -0.2) is 29.3 Å². The summed E-state index contributed by atoms with van der Waals surface area (Å²) in [5, 5.41) is 0. The Labute approximate surface area is 96.8 Å². The van der Waals surface area contributed by atoms with Gasteiger partial charge in [0, 0.05) is 25.2 Å². The first kappa shape index (κ1) is 10.5. The summed E-state index contributed by atoms with van der Waals surface area (Å²) in [5.41, 5.74) is 0. The standard InChI is InChI=1S/C10H12BrN3O/c11-9-4-12-7-13-10(9)14-3-1-2-8(5-14)6-15/h4,6-8H,1-3,5H2. The van der Waals surface area contributed by atoms with Gasteiger partial charge >= 0.3 is 0 Å². The number of anilines is 1. The Bertz CT molecular complexity index is 358. The second kappa shape index (κ2) is 4.70. The first-order chi connectivity index (χ1) is 7.31. The summed E-state index contributed by atoms with van der Waals surface area (Å²) < 4.78 is 0.886. The zero-order valence-electron chi connectivity index (χ0n) is 8.27. The Hall–Kier alpha value is -0.970. The van der Waals surface area contributed by atoms with E-state index in [0.29, 0.717) is 0 Å². The molecule has 80 valence electrons. The number of aldehydes is 1. The predicted molar refractivity (Wildman–Crippen MR) is 60.7 cm³/mol. The van der Waals surface area contributed by atoms with Gasteiger partial charge in [0.05, 0.1) is 4.47 Å². The third-order valence-electron chi connectivity index (χ3n) is 2.60. The van der Waals surface area contributed by atoms with E-state index in [1.807, 2.05) is 0 Å². The quantitative estimate of drug-likeness (QED) is 0.767. The SMILES string of the molecule is O=CC1CCCN(c2ncncc2Br)C1. The average molecular weight is 270 g/mol. The van der Waals surface area contributed by atoms with Crippen LogP contribution < -0.4 is 4.90 Å². The molecule has 1 aliphatic rings. The molecule has 5 heteroatoms. The minimum Gasteiger partial charge on any atom is -0.355 e. The Morgan fingerprint density at radius 2 is 2.47 bits per heavy atom. The second-order valence-electron chi connectivity index (χ2n) is 3.68. The number of piperidine rings is 1. The number of carbonyl (C=O) groups excluding carboxylic acids is 1. The van der Waals surface area contributed by atoms with Crippen LogP contribution in [0.1, 0.15) is 12.8 Å². The largest absolute Gasteiger partial charge is 0.355 e. The molecule has 0 saturated carbocycles. The monoisotopic (exact) mass is 269 g/mol. The highest BCUT2D eigenvalue weighted by molar-refractivity contribution is 9.10. The van der Waals surface area contributed by atoms with Crippen molar-refractivity contribution in [1.82, 2.24) is 9.97 Å². The highest BCUT2D eigenvalue weighted by Gasteiger charge is 2.21. The van der Waals surface area contributed by atoms with Crippen molar-refractivity contribution in [2.45, 2.75) is 12.8 Å². The number of hydrogen-bond donors (Lipinski definition) is 0. The molecule has 1 saturated heterocycles. The zero-order valence-corrected chi connectivity index (χ0v) is 9.85. The smallest absolute Gasteiger partial charge is 0.146 e. The highest BCUT2D eigenvalue weighted by atomic mass is 79.9. The summed E-state index contributed by atoms with van der Waals surface area (Å²) in [4.78, 5) is 21.0. The van der Waals surface area contributed by atoms with Gasteiger partial charge in [0.15, 0.2) is 0 Å². The number of nitrogens with zero attached hydrogens (tertiary/aromatic N) is 3. The van der Waals surface area contributed by atoms with Crippen molar-refractivity contribution >= 4 is 28.0 Å². The first-order valence-corrected chi connectivity index (χ1v) is 5.76. The zero-order chi connectivity index (χ0) is 10.7. The molecule has 1 atom stereocenters. The van der Waals surface area contributed by atoms with Crippen molar-refractivity contribution in [1.29, 1.82) is 0 Å². The van der Waals surface area contributed by atoms with Gasteiger partial charge in [-0.15, -0.1) is 0 Å². The number of carbonyl (C=O) groups is 1. The summed E-state index contributed by atoms with van der Waals surface area (Å²) in [7, 11) is 0. The highest BCUT2D eigenvalue weighted by Crippen LogP contribution is 2.26. The Kier molecular flexibility index (Phi) is 3.30. The number of rotatable bonds is 2. The van der Waals surface area contributed by atoms with Crippen LogP contribution in [0.25, 0.3) is 0 Å². The lowest BCUT2D eigenvalue weighted by Crippen LogP contribution is -2.36. The molecule has 15 heavy (non-hydrogen) atoms. The molecule has 0 amide bonds. The van der Waals surface area contributed by atoms with Crippen molar-refractivity contribution in [3.8, 4) is 0 Å². The lowest BCUT2D eigenvalue weighted by molar-refractivity contribution is -0.111. The lowest BCUT2D eigenvalue weighted by atomic mass is 10.00. The maximum absolute atomic E-state index is 10.8. The molecule has 0 N–H and O–H groups in total. The van der Waals surface area contributed by atoms with Crippen LogP contribution in [0.4, 0.5) is 5.82 Å². The molecule has 0 aromatic carbocycles. The minimum atomic E-state index is 0.139. The summed E-state index contributed by atoms with van der Waals surface area (Å²) in [6.45, 7) is 1.72. The van der Waals surface area contributed by atoms with Gasteiger partial charge in [-0.25, -0.2) is 9.97 Å². The summed E-state index contributed by atoms with van der Waals surface area (Å²) >= 11 is 3.42. The van der Waals surface area contributed by atoms with Gasteiger partial charge in [-0.05, 0) is 28.8 Å². The molecule has 1 aromatic heterocycles. The van der Waals surface area contributed by atoms with Crippen LogP contribution in [0, 0.1) is 5.92 Å². The van der Waals surface area contributed by atoms with Crippen molar-refractivity contribution in [2.75, 3.05) is 18.0 Å². The van der Waals surface area contributed by atoms with E-state index in [4.69, 9.17) is 0 Å². The van der Waals surface area contributed by atoms with E-state index in [-0.39, 0.29) is 5.92 Å². The van der Waals surface area contributed by atoms with E-state index >= 15 is 0 Å². The maximum Gasteiger partial charge on any atom is 0.146 e. The van der Waals surface area contributed by atoms with Gasteiger partial charge in [0.2, 0.25) is 0 Å². The summed E-state index contributed by atoms with van der Waals surface area (Å²) in [5.74, 6) is 1.03. The fourth-order valence-electron chi connectivity index (χ4n) is 1.85. The molecule has 0 radical (unpaired) electrons. The molecule has 2 rings (SSSR count). The molecular weight excluding hydrogens is 258 g/mol. The normalized spacial score (nSPS) is 21.4. The molecule has 4 nitrogen and oxygen atoms in total. The maximum atomic E-state index is 10.8. The molecule has 1 aromatic rings. The number of aromatic nitrogens is 2. The predicted octanol–water partition coefficient (Wildman–Crippen LogP) is 1.65. The molecule has 0 spiro atoms. The third kappa shape index (κ3) is 2.34. The first-order valence-electron chi connectivity index (χ1n) is 4.97. The number of halogens is 1. The van der Waals surface area contributed by atoms with Gasteiger partial charge in [-0.2, -0.15) is 0 Å². The van der Waals surface area contributed by atoms with Crippen molar-refractivity contribution in [3.05, 3.63) is 17.0 Å². The van der Waals surface area contributed by atoms with Crippen LogP contribution in [0.2, 0.25) is 0 Å². The Morgan fingerprint density at radius 1 is 1.60 bits per heavy atom. The van der Waals surface area contributed by atoms with Gasteiger partial charge in [-0.1, -0.05) is 0 Å². The van der Waals surface area contributed by atoms with E-state index in [1.54, 1.807) is 6.20 Å². The molecule has 1 fully saturated rings. The topological polar surface area (TPSA) is 46.1 Å². The van der Waals surface area contributed by atoms with E-state index in [0.717, 1.165) is 42.5 Å². The van der Waals surface area contributed by atoms with Crippen LogP contribution in [0.3, 0.4) is 0 Å². The van der Waals surface area contributed by atoms with Gasteiger partial charge < -0.3 is 9.69 Å². The van der Waals surface area contributed by atoms with Crippen LogP contribution >= 0.6 is 15.9 Å². The fourth-order valence-corrected chi connectivity index (χ4v) is 2.32. The van der Waals surface area contributed by atoms with Gasteiger partial charge in [0.1, 0.15) is 18.4 Å². The van der Waals surface area contributed by atoms with E-state index in [2.05, 4.69) is 30.8 Å². The van der Waals surface area contributed by atoms with E-state index in [9.17, 15) is 4.79 Å². The van der Waals surface area contributed by atoms with E-state index in [1.165, 1.54) is 6.33 Å². The van der Waals surface area contributed by atoms with Crippen molar-refractivity contribution in [3.63, 3.8) is 0 Å². The molecule has 1 unspecified atom stereocenters. The number of hydrogen-bond acceptors (Lipinski definition) is 4. The Morgan fingerprint density at radius 3 is 3.20 bits per heavy atom. The minimum absolute atomic E-state index is 0.139. The van der Waals surface area contributed by atoms with Crippen LogP contribution in [0.15, 0.2) is 17.0 Å². The van der Waals surface area contributed by atoms with E-state index < -0.39 is 0 Å². The molecule has 2 heterocycles. The molecule has 0 aliphatic carbocycles. The van der Waals surface area contributed by atoms with Gasteiger partial charge in [-0.3, -0.25) is 0 Å². The lowest BCUT2D eigenvalue weighted by Gasteiger charge is -2.31. The molecular formula is C10H12BrN3O. The van der Waals surface area contributed by atoms with Crippen molar-refractivity contribution < 1.29 is 4.79 Å². The second-order valence-corrected chi connectivity index (χ2v) is 4.53. The average Bonchev–Trinajstić information content (AvgIpc) is 2.30. The van der Waals surface area contributed by atoms with Crippen molar-refractivity contribution in [2.24, 2.45) is 5.92 Å². The third-order valence-corrected chi connectivity index (χ3v) is 3.16. The summed E-state index contributed by atoms with van der Waals surface area (Å²) in [6, 6.07) is 0. The Balaban J connectivity index is 2.16. The van der Waals surface area contributed by atoms with Crippen LogP contribution in [0.5, 0.6) is 0 Å². The van der Waals surface area contributed by atoms with Crippen LogP contribution in [-0.2, 0) is 4.79 Å². The fraction of sp³-hybridized carbons (Fsp3) is 0.500. The molecule has 0 bridgehead atoms. The van der Waals surface area contributed by atoms with Gasteiger partial charge in [0.25, 0.3) is 0 Å².